The van der Waals surface area contributed by atoms with Crippen molar-refractivity contribution in [1.82, 2.24) is 0 Å². The lowest BCUT2D eigenvalue weighted by atomic mass is 9.95. The second-order valence-corrected chi connectivity index (χ2v) is 18.2. The zero-order valence-corrected chi connectivity index (χ0v) is 25.2. The van der Waals surface area contributed by atoms with Crippen LogP contribution in [-0.4, -0.2) is 41.5 Å². The molecule has 0 amide bonds. The van der Waals surface area contributed by atoms with E-state index in [1.807, 2.05) is 19.9 Å². The molecule has 1 aromatic carbocycles. The molecule has 0 saturated heterocycles. The minimum absolute atomic E-state index is 0.0547. The van der Waals surface area contributed by atoms with Gasteiger partial charge in [0.25, 0.3) is 10.1 Å². The van der Waals surface area contributed by atoms with Crippen molar-refractivity contribution in [1.29, 1.82) is 0 Å². The van der Waals surface area contributed by atoms with Gasteiger partial charge in [0.05, 0.1) is 11.5 Å². The summed E-state index contributed by atoms with van der Waals surface area (Å²) in [6.07, 6.45) is 7.05. The van der Waals surface area contributed by atoms with Crippen LogP contribution >= 0.6 is 0 Å². The Balaban J connectivity index is 2.04. The molecule has 0 N–H and O–H groups in total. The molecule has 0 saturated carbocycles. The van der Waals surface area contributed by atoms with Gasteiger partial charge in [-0.1, -0.05) is 64.5 Å². The van der Waals surface area contributed by atoms with Crippen molar-refractivity contribution in [3.8, 4) is 0 Å². The smallest absolute Gasteiger partial charge is 0.306 e. The van der Waals surface area contributed by atoms with Gasteiger partial charge < -0.3 is 9.16 Å². The first-order valence-electron chi connectivity index (χ1n) is 13.1. The Labute approximate surface area is 220 Å². The first kappa shape index (κ1) is 30.7. The van der Waals surface area contributed by atoms with Gasteiger partial charge in [-0.25, -0.2) is 0 Å². The SMILES string of the molecule is Cc1ccc(S(=O)(=O)OCC(C)[C@H]2CC=CC[C@H](C)[C@@H](O[Si](C)(C)C(C)(C)C)CCCC(=O)O2)cc1. The predicted octanol–water partition coefficient (Wildman–Crippen LogP) is 6.80. The molecule has 1 heterocycles. The van der Waals surface area contributed by atoms with E-state index in [2.05, 4.69) is 46.9 Å². The number of hydrogen-bond acceptors (Lipinski definition) is 6. The molecular weight excluding hydrogens is 492 g/mol. The molecule has 0 radical (unpaired) electrons. The maximum Gasteiger partial charge on any atom is 0.306 e. The number of esters is 1. The highest BCUT2D eigenvalue weighted by molar-refractivity contribution is 7.86. The fourth-order valence-corrected chi connectivity index (χ4v) is 6.32. The third-order valence-electron chi connectivity index (χ3n) is 7.51. The van der Waals surface area contributed by atoms with Crippen LogP contribution in [0.15, 0.2) is 41.3 Å². The van der Waals surface area contributed by atoms with Gasteiger partial charge in [0.15, 0.2) is 8.32 Å². The van der Waals surface area contributed by atoms with E-state index in [0.29, 0.717) is 25.2 Å². The van der Waals surface area contributed by atoms with E-state index in [1.54, 1.807) is 12.1 Å². The Morgan fingerprint density at radius 3 is 2.33 bits per heavy atom. The molecule has 1 aliphatic rings. The second-order valence-electron chi connectivity index (χ2n) is 11.8. The van der Waals surface area contributed by atoms with Crippen LogP contribution in [0.1, 0.15) is 72.3 Å². The molecule has 6 nitrogen and oxygen atoms in total. The quantitative estimate of drug-likeness (QED) is 0.164. The number of ether oxygens (including phenoxy) is 1. The van der Waals surface area contributed by atoms with Crippen molar-refractivity contribution in [3.63, 3.8) is 0 Å². The monoisotopic (exact) mass is 538 g/mol. The Kier molecular flexibility index (Phi) is 11.0. The molecule has 204 valence electrons. The number of aryl methyl sites for hydroxylation is 1. The fourth-order valence-electron chi connectivity index (χ4n) is 3.86. The van der Waals surface area contributed by atoms with Crippen molar-refractivity contribution >= 4 is 24.4 Å². The van der Waals surface area contributed by atoms with Crippen molar-refractivity contribution in [2.45, 2.75) is 109 Å². The first-order valence-corrected chi connectivity index (χ1v) is 17.4. The minimum Gasteiger partial charge on any atom is -0.462 e. The summed E-state index contributed by atoms with van der Waals surface area (Å²) in [5, 5.41) is 0.129. The van der Waals surface area contributed by atoms with Crippen LogP contribution in [0.4, 0.5) is 0 Å². The van der Waals surface area contributed by atoms with Crippen LogP contribution in [0.2, 0.25) is 18.1 Å². The highest BCUT2D eigenvalue weighted by Crippen LogP contribution is 2.39. The number of rotatable bonds is 7. The molecule has 1 unspecified atom stereocenters. The molecule has 0 aliphatic carbocycles. The van der Waals surface area contributed by atoms with E-state index < -0.39 is 24.5 Å². The Morgan fingerprint density at radius 2 is 1.72 bits per heavy atom. The molecule has 2 rings (SSSR count). The van der Waals surface area contributed by atoms with Crippen LogP contribution in [0.3, 0.4) is 0 Å². The number of carbonyl (C=O) groups is 1. The molecule has 0 bridgehead atoms. The highest BCUT2D eigenvalue weighted by atomic mass is 32.2. The molecular formula is C28H46O6SSi. The van der Waals surface area contributed by atoms with Crippen molar-refractivity contribution in [2.24, 2.45) is 11.8 Å². The summed E-state index contributed by atoms with van der Waals surface area (Å²) in [4.78, 5) is 12.8. The maximum atomic E-state index is 12.7. The third kappa shape index (κ3) is 9.12. The topological polar surface area (TPSA) is 78.9 Å². The lowest BCUT2D eigenvalue weighted by Crippen LogP contribution is -2.45. The fraction of sp³-hybridized carbons (Fsp3) is 0.679. The largest absolute Gasteiger partial charge is 0.462 e. The van der Waals surface area contributed by atoms with Crippen molar-refractivity contribution in [2.75, 3.05) is 6.61 Å². The third-order valence-corrected chi connectivity index (χ3v) is 13.3. The zero-order chi connectivity index (χ0) is 27.1. The molecule has 1 aromatic rings. The van der Waals surface area contributed by atoms with E-state index in [4.69, 9.17) is 13.3 Å². The van der Waals surface area contributed by atoms with Crippen LogP contribution in [0.5, 0.6) is 0 Å². The normalized spacial score (nSPS) is 23.9. The molecule has 0 spiro atoms. The van der Waals surface area contributed by atoms with Gasteiger partial charge in [-0.2, -0.15) is 8.42 Å². The van der Waals surface area contributed by atoms with Crippen molar-refractivity contribution in [3.05, 3.63) is 42.0 Å². The van der Waals surface area contributed by atoms with E-state index in [-0.39, 0.29) is 34.5 Å². The molecule has 36 heavy (non-hydrogen) atoms. The molecule has 0 aromatic heterocycles. The summed E-state index contributed by atoms with van der Waals surface area (Å²) >= 11 is 0. The van der Waals surface area contributed by atoms with E-state index in [1.165, 1.54) is 12.1 Å². The van der Waals surface area contributed by atoms with Gasteiger partial charge in [0, 0.05) is 24.9 Å². The van der Waals surface area contributed by atoms with Crippen LogP contribution in [0.25, 0.3) is 0 Å². The van der Waals surface area contributed by atoms with Crippen LogP contribution < -0.4 is 0 Å². The highest BCUT2D eigenvalue weighted by Gasteiger charge is 2.40. The molecule has 1 aliphatic heterocycles. The number of allylic oxidation sites excluding steroid dienone is 1. The standard InChI is InChI=1S/C28H46O6SSi/c1-21-16-18-24(19-17-21)35(30,31)32-20-23(3)25-13-10-9-12-22(2)26(14-11-15-27(29)33-25)34-36(7,8)28(4,5)6/h9-10,16-19,22-23,25-26H,11-15,20H2,1-8H3/t22-,23?,25+,26-/m0/s1. The summed E-state index contributed by atoms with van der Waals surface area (Å²) < 4.78 is 43.0. The lowest BCUT2D eigenvalue weighted by Gasteiger charge is -2.41. The lowest BCUT2D eigenvalue weighted by molar-refractivity contribution is -0.152. The average molecular weight is 539 g/mol. The Hall–Kier alpha value is -1.48. The number of carbonyl (C=O) groups excluding carboxylic acids is 1. The van der Waals surface area contributed by atoms with Gasteiger partial charge in [-0.3, -0.25) is 8.98 Å². The van der Waals surface area contributed by atoms with E-state index in [0.717, 1.165) is 18.4 Å². The average Bonchev–Trinajstić information content (AvgIpc) is 2.77. The van der Waals surface area contributed by atoms with Gasteiger partial charge in [-0.05, 0) is 62.4 Å². The molecule has 0 fully saturated rings. The van der Waals surface area contributed by atoms with Crippen LogP contribution in [-0.2, 0) is 28.3 Å². The van der Waals surface area contributed by atoms with Gasteiger partial charge >= 0.3 is 5.97 Å². The second kappa shape index (κ2) is 12.8. The van der Waals surface area contributed by atoms with E-state index >= 15 is 0 Å². The number of benzene rings is 1. The van der Waals surface area contributed by atoms with E-state index in [9.17, 15) is 13.2 Å². The Morgan fingerprint density at radius 1 is 1.11 bits per heavy atom. The number of cyclic esters (lactones) is 1. The molecule has 8 heteroatoms. The first-order chi connectivity index (χ1) is 16.6. The summed E-state index contributed by atoms with van der Waals surface area (Å²) in [6.45, 7) is 17.2. The van der Waals surface area contributed by atoms with Gasteiger partial charge in [0.2, 0.25) is 0 Å². The summed E-state index contributed by atoms with van der Waals surface area (Å²) in [5.74, 6) is -0.209. The predicted molar refractivity (Wildman–Crippen MR) is 147 cm³/mol. The van der Waals surface area contributed by atoms with Crippen molar-refractivity contribution < 1.29 is 26.6 Å². The van der Waals surface area contributed by atoms with Crippen LogP contribution in [0, 0.1) is 18.8 Å². The zero-order valence-electron chi connectivity index (χ0n) is 23.4. The minimum atomic E-state index is -3.87. The Bertz CT molecular complexity index is 978. The maximum absolute atomic E-state index is 12.7. The summed E-state index contributed by atoms with van der Waals surface area (Å²) in [6, 6.07) is 6.55. The summed E-state index contributed by atoms with van der Waals surface area (Å²) in [5.41, 5.74) is 0.974. The summed E-state index contributed by atoms with van der Waals surface area (Å²) in [7, 11) is -5.80. The number of hydrogen-bond donors (Lipinski definition) is 0. The van der Waals surface area contributed by atoms with Gasteiger partial charge in [-0.15, -0.1) is 0 Å². The molecule has 4 atom stereocenters. The van der Waals surface area contributed by atoms with Gasteiger partial charge in [0.1, 0.15) is 6.10 Å².